The molecule has 0 spiro atoms. The van der Waals surface area contributed by atoms with E-state index in [1.165, 1.54) is 38.9 Å². The SMILES string of the molecule is CCN1CCCC(NCC2CCN(C(=O)OC(C)(C)C)C2)CC1. The van der Waals surface area contributed by atoms with Gasteiger partial charge in [-0.15, -0.1) is 0 Å². The summed E-state index contributed by atoms with van der Waals surface area (Å²) in [7, 11) is 0. The Kier molecular flexibility index (Phi) is 6.72. The van der Waals surface area contributed by atoms with Gasteiger partial charge in [0, 0.05) is 19.1 Å². The Morgan fingerprint density at radius 3 is 2.65 bits per heavy atom. The average molecular weight is 325 g/mol. The molecular weight excluding hydrogens is 290 g/mol. The van der Waals surface area contributed by atoms with Crippen LogP contribution >= 0.6 is 0 Å². The zero-order valence-corrected chi connectivity index (χ0v) is 15.4. The molecule has 2 rings (SSSR count). The highest BCUT2D eigenvalue weighted by molar-refractivity contribution is 5.68. The maximum Gasteiger partial charge on any atom is 0.410 e. The number of carbonyl (C=O) groups excluding carboxylic acids is 1. The van der Waals surface area contributed by atoms with Gasteiger partial charge in [-0.1, -0.05) is 6.92 Å². The zero-order valence-electron chi connectivity index (χ0n) is 15.4. The van der Waals surface area contributed by atoms with Crippen molar-refractivity contribution in [2.24, 2.45) is 5.92 Å². The molecule has 0 aliphatic carbocycles. The second kappa shape index (κ2) is 8.34. The van der Waals surface area contributed by atoms with Gasteiger partial charge in [0.2, 0.25) is 0 Å². The van der Waals surface area contributed by atoms with Gasteiger partial charge in [0.05, 0.1) is 0 Å². The van der Waals surface area contributed by atoms with E-state index in [9.17, 15) is 4.79 Å². The first-order chi connectivity index (χ1) is 10.9. The van der Waals surface area contributed by atoms with Crippen LogP contribution in [0.5, 0.6) is 0 Å². The molecular formula is C18H35N3O2. The summed E-state index contributed by atoms with van der Waals surface area (Å²) in [5.41, 5.74) is -0.404. The molecule has 0 aromatic rings. The van der Waals surface area contributed by atoms with Crippen LogP contribution in [0.4, 0.5) is 4.79 Å². The normalized spacial score (nSPS) is 27.0. The summed E-state index contributed by atoms with van der Waals surface area (Å²) in [6.07, 6.45) is 4.74. The Bertz CT molecular complexity index is 381. The lowest BCUT2D eigenvalue weighted by molar-refractivity contribution is 0.0288. The van der Waals surface area contributed by atoms with Crippen molar-refractivity contribution in [2.75, 3.05) is 39.3 Å². The number of carbonyl (C=O) groups is 1. The van der Waals surface area contributed by atoms with E-state index >= 15 is 0 Å². The van der Waals surface area contributed by atoms with Crippen molar-refractivity contribution in [1.82, 2.24) is 15.1 Å². The summed E-state index contributed by atoms with van der Waals surface area (Å²) in [6.45, 7) is 14.3. The lowest BCUT2D eigenvalue weighted by Gasteiger charge is -2.24. The fraction of sp³-hybridized carbons (Fsp3) is 0.944. The molecule has 5 heteroatoms. The largest absolute Gasteiger partial charge is 0.444 e. The van der Waals surface area contributed by atoms with Gasteiger partial charge < -0.3 is 19.9 Å². The first kappa shape index (κ1) is 18.5. The van der Waals surface area contributed by atoms with E-state index in [1.54, 1.807) is 0 Å². The minimum absolute atomic E-state index is 0.159. The second-order valence-corrected chi connectivity index (χ2v) is 8.05. The highest BCUT2D eigenvalue weighted by atomic mass is 16.6. The number of hydrogen-bond acceptors (Lipinski definition) is 4. The van der Waals surface area contributed by atoms with E-state index in [4.69, 9.17) is 4.74 Å². The van der Waals surface area contributed by atoms with Crippen LogP contribution < -0.4 is 5.32 Å². The predicted octanol–water partition coefficient (Wildman–Crippen LogP) is 2.71. The summed E-state index contributed by atoms with van der Waals surface area (Å²) >= 11 is 0. The smallest absolute Gasteiger partial charge is 0.410 e. The third-order valence-corrected chi connectivity index (χ3v) is 4.90. The van der Waals surface area contributed by atoms with Crippen LogP contribution in [0.25, 0.3) is 0 Å². The van der Waals surface area contributed by atoms with Gasteiger partial charge >= 0.3 is 6.09 Å². The summed E-state index contributed by atoms with van der Waals surface area (Å²) in [4.78, 5) is 16.5. The van der Waals surface area contributed by atoms with Crippen LogP contribution in [-0.4, -0.2) is 66.8 Å². The first-order valence-electron chi connectivity index (χ1n) is 9.31. The number of rotatable bonds is 4. The molecule has 134 valence electrons. The Morgan fingerprint density at radius 1 is 1.17 bits per heavy atom. The van der Waals surface area contributed by atoms with Gasteiger partial charge in [0.1, 0.15) is 5.60 Å². The van der Waals surface area contributed by atoms with Crippen molar-refractivity contribution in [2.45, 2.75) is 65.0 Å². The van der Waals surface area contributed by atoms with Gasteiger partial charge in [-0.2, -0.15) is 0 Å². The molecule has 23 heavy (non-hydrogen) atoms. The third kappa shape index (κ3) is 6.30. The molecule has 2 atom stereocenters. The van der Waals surface area contributed by atoms with Gasteiger partial charge in [-0.25, -0.2) is 4.79 Å². The van der Waals surface area contributed by atoms with Crippen LogP contribution in [0.3, 0.4) is 0 Å². The molecule has 1 amide bonds. The number of hydrogen-bond donors (Lipinski definition) is 1. The topological polar surface area (TPSA) is 44.8 Å². The molecule has 2 aliphatic heterocycles. The van der Waals surface area contributed by atoms with Crippen molar-refractivity contribution in [3.8, 4) is 0 Å². The second-order valence-electron chi connectivity index (χ2n) is 8.05. The monoisotopic (exact) mass is 325 g/mol. The average Bonchev–Trinajstić information content (AvgIpc) is 2.82. The van der Waals surface area contributed by atoms with E-state index in [0.29, 0.717) is 12.0 Å². The molecule has 2 fully saturated rings. The fourth-order valence-electron chi connectivity index (χ4n) is 3.50. The quantitative estimate of drug-likeness (QED) is 0.863. The molecule has 2 aliphatic rings. The predicted molar refractivity (Wildman–Crippen MR) is 93.7 cm³/mol. The molecule has 2 saturated heterocycles. The molecule has 0 saturated carbocycles. The van der Waals surface area contributed by atoms with Crippen LogP contribution in [0.2, 0.25) is 0 Å². The lowest BCUT2D eigenvalue weighted by atomic mass is 10.1. The molecule has 0 aromatic carbocycles. The Balaban J connectivity index is 1.68. The maximum absolute atomic E-state index is 12.1. The molecule has 0 bridgehead atoms. The Labute approximate surface area is 141 Å². The molecule has 2 unspecified atom stereocenters. The van der Waals surface area contributed by atoms with Crippen LogP contribution in [-0.2, 0) is 4.74 Å². The summed E-state index contributed by atoms with van der Waals surface area (Å²) in [5.74, 6) is 0.563. The van der Waals surface area contributed by atoms with Gasteiger partial charge in [-0.05, 0) is 78.6 Å². The summed E-state index contributed by atoms with van der Waals surface area (Å²) in [5, 5.41) is 3.75. The summed E-state index contributed by atoms with van der Waals surface area (Å²) in [6, 6.07) is 0.641. The summed E-state index contributed by atoms with van der Waals surface area (Å²) < 4.78 is 5.47. The van der Waals surface area contributed by atoms with Gasteiger partial charge in [0.25, 0.3) is 0 Å². The van der Waals surface area contributed by atoms with Crippen LogP contribution in [0.1, 0.15) is 53.4 Å². The zero-order chi connectivity index (χ0) is 16.9. The number of nitrogens with zero attached hydrogens (tertiary/aromatic N) is 2. The van der Waals surface area contributed by atoms with Crippen molar-refractivity contribution < 1.29 is 9.53 Å². The number of amides is 1. The Hall–Kier alpha value is -0.810. The highest BCUT2D eigenvalue weighted by Crippen LogP contribution is 2.20. The van der Waals surface area contributed by atoms with E-state index in [1.807, 2.05) is 25.7 Å². The van der Waals surface area contributed by atoms with E-state index < -0.39 is 5.60 Å². The number of likely N-dealkylation sites (tertiary alicyclic amines) is 2. The van der Waals surface area contributed by atoms with E-state index in [0.717, 1.165) is 26.1 Å². The van der Waals surface area contributed by atoms with Crippen molar-refractivity contribution >= 4 is 6.09 Å². The Morgan fingerprint density at radius 2 is 1.96 bits per heavy atom. The van der Waals surface area contributed by atoms with Crippen molar-refractivity contribution in [1.29, 1.82) is 0 Å². The molecule has 2 heterocycles. The van der Waals surface area contributed by atoms with E-state index in [-0.39, 0.29) is 6.09 Å². The van der Waals surface area contributed by atoms with E-state index in [2.05, 4.69) is 17.1 Å². The molecule has 5 nitrogen and oxygen atoms in total. The third-order valence-electron chi connectivity index (χ3n) is 4.90. The molecule has 1 N–H and O–H groups in total. The molecule has 0 radical (unpaired) electrons. The number of ether oxygens (including phenoxy) is 1. The van der Waals surface area contributed by atoms with Gasteiger partial charge in [0.15, 0.2) is 0 Å². The molecule has 0 aromatic heterocycles. The number of nitrogens with one attached hydrogen (secondary N) is 1. The minimum Gasteiger partial charge on any atom is -0.444 e. The van der Waals surface area contributed by atoms with Crippen LogP contribution in [0, 0.1) is 5.92 Å². The fourth-order valence-corrected chi connectivity index (χ4v) is 3.50. The highest BCUT2D eigenvalue weighted by Gasteiger charge is 2.30. The van der Waals surface area contributed by atoms with Gasteiger partial charge in [-0.3, -0.25) is 0 Å². The van der Waals surface area contributed by atoms with Crippen molar-refractivity contribution in [3.05, 3.63) is 0 Å². The van der Waals surface area contributed by atoms with Crippen LogP contribution in [0.15, 0.2) is 0 Å². The lowest BCUT2D eigenvalue weighted by Crippen LogP contribution is -2.37. The maximum atomic E-state index is 12.1. The van der Waals surface area contributed by atoms with Crippen molar-refractivity contribution in [3.63, 3.8) is 0 Å². The standard InChI is InChI=1S/C18H35N3O2/c1-5-20-10-6-7-16(9-11-20)19-13-15-8-12-21(14-15)17(22)23-18(2,3)4/h15-16,19H,5-14H2,1-4H3. The minimum atomic E-state index is -0.404. The first-order valence-corrected chi connectivity index (χ1v) is 9.31.